The molecule has 1 heterocycles. The monoisotopic (exact) mass is 472 g/mol. The molecule has 0 aromatic heterocycles. The van der Waals surface area contributed by atoms with Crippen LogP contribution in [0.1, 0.15) is 12.5 Å². The van der Waals surface area contributed by atoms with Crippen molar-refractivity contribution >= 4 is 51.5 Å². The fourth-order valence-corrected chi connectivity index (χ4v) is 2.97. The summed E-state index contributed by atoms with van der Waals surface area (Å²) in [5, 5.41) is 2.16. The number of carbonyl (C=O) groups excluding carboxylic acids is 4. The minimum Gasteiger partial charge on any atom is -0.481 e. The molecule has 0 aliphatic carbocycles. The van der Waals surface area contributed by atoms with Gasteiger partial charge in [0.05, 0.1) is 12.3 Å². The Hall–Kier alpha value is -3.46. The average molecular weight is 473 g/mol. The van der Waals surface area contributed by atoms with Gasteiger partial charge < -0.3 is 9.47 Å². The number of hydrogen-bond donors (Lipinski definition) is 1. The van der Waals surface area contributed by atoms with Crippen LogP contribution in [-0.2, 0) is 19.1 Å². The number of hydrogen-bond acceptors (Lipinski definition) is 6. The molecular formula is C21H17BrN2O6. The lowest BCUT2D eigenvalue weighted by Gasteiger charge is -2.26. The second-order valence-electron chi connectivity index (χ2n) is 6.07. The lowest BCUT2D eigenvalue weighted by Crippen LogP contribution is -2.54. The van der Waals surface area contributed by atoms with Crippen molar-refractivity contribution in [3.8, 4) is 5.75 Å². The Balaban J connectivity index is 1.91. The van der Waals surface area contributed by atoms with Crippen molar-refractivity contribution in [3.05, 3.63) is 64.1 Å². The Morgan fingerprint density at radius 2 is 1.80 bits per heavy atom. The van der Waals surface area contributed by atoms with Crippen LogP contribution >= 0.6 is 15.9 Å². The lowest BCUT2D eigenvalue weighted by atomic mass is 10.1. The van der Waals surface area contributed by atoms with Crippen molar-refractivity contribution in [3.63, 3.8) is 0 Å². The molecule has 3 rings (SSSR count). The highest BCUT2D eigenvalue weighted by atomic mass is 79.9. The van der Waals surface area contributed by atoms with Gasteiger partial charge in [-0.3, -0.25) is 14.9 Å². The van der Waals surface area contributed by atoms with Crippen molar-refractivity contribution < 1.29 is 28.7 Å². The van der Waals surface area contributed by atoms with Crippen LogP contribution in [0.5, 0.6) is 5.75 Å². The van der Waals surface area contributed by atoms with Gasteiger partial charge in [0.15, 0.2) is 6.61 Å². The van der Waals surface area contributed by atoms with Crippen LogP contribution in [0.4, 0.5) is 10.5 Å². The van der Waals surface area contributed by atoms with Gasteiger partial charge in [-0.05, 0) is 43.3 Å². The molecule has 0 spiro atoms. The van der Waals surface area contributed by atoms with Gasteiger partial charge in [0.2, 0.25) is 0 Å². The van der Waals surface area contributed by atoms with Gasteiger partial charge in [0.25, 0.3) is 11.8 Å². The average Bonchev–Trinajstić information content (AvgIpc) is 2.72. The molecule has 154 valence electrons. The molecule has 1 aliphatic rings. The number of anilines is 1. The van der Waals surface area contributed by atoms with Gasteiger partial charge in [-0.1, -0.05) is 34.1 Å². The number of ether oxygens (including phenoxy) is 2. The Kier molecular flexibility index (Phi) is 6.63. The third kappa shape index (κ3) is 4.74. The second-order valence-corrected chi connectivity index (χ2v) is 6.98. The van der Waals surface area contributed by atoms with Crippen LogP contribution in [0.25, 0.3) is 6.08 Å². The molecule has 1 N–H and O–H groups in total. The van der Waals surface area contributed by atoms with E-state index in [4.69, 9.17) is 9.47 Å². The maximum absolute atomic E-state index is 12.9. The largest absolute Gasteiger partial charge is 0.481 e. The Bertz CT molecular complexity index is 1030. The minimum absolute atomic E-state index is 0.225. The van der Waals surface area contributed by atoms with Gasteiger partial charge >= 0.3 is 12.0 Å². The van der Waals surface area contributed by atoms with Crippen molar-refractivity contribution in [1.29, 1.82) is 0 Å². The molecule has 2 aromatic rings. The number of imide groups is 2. The van der Waals surface area contributed by atoms with Crippen LogP contribution in [0.3, 0.4) is 0 Å². The van der Waals surface area contributed by atoms with E-state index < -0.39 is 23.8 Å². The van der Waals surface area contributed by atoms with Crippen molar-refractivity contribution in [1.82, 2.24) is 5.32 Å². The van der Waals surface area contributed by atoms with Crippen LogP contribution < -0.4 is 15.0 Å². The van der Waals surface area contributed by atoms with E-state index in [0.717, 1.165) is 9.37 Å². The number of nitrogens with one attached hydrogen (secondary N) is 1. The predicted molar refractivity (Wildman–Crippen MR) is 112 cm³/mol. The number of benzene rings is 2. The summed E-state index contributed by atoms with van der Waals surface area (Å²) in [4.78, 5) is 50.0. The number of urea groups is 1. The summed E-state index contributed by atoms with van der Waals surface area (Å²) < 4.78 is 11.1. The van der Waals surface area contributed by atoms with E-state index in [0.29, 0.717) is 11.3 Å². The molecule has 0 bridgehead atoms. The van der Waals surface area contributed by atoms with Crippen LogP contribution in [-0.4, -0.2) is 37.0 Å². The minimum atomic E-state index is -0.837. The lowest BCUT2D eigenvalue weighted by molar-refractivity contribution is -0.145. The van der Waals surface area contributed by atoms with Crippen molar-refractivity contribution in [2.75, 3.05) is 18.1 Å². The van der Waals surface area contributed by atoms with E-state index in [1.165, 1.54) is 6.08 Å². The summed E-state index contributed by atoms with van der Waals surface area (Å²) in [6.07, 6.45) is 1.32. The van der Waals surface area contributed by atoms with Gasteiger partial charge in [-0.2, -0.15) is 0 Å². The first-order valence-corrected chi connectivity index (χ1v) is 9.74. The fourth-order valence-electron chi connectivity index (χ4n) is 2.71. The Morgan fingerprint density at radius 3 is 2.50 bits per heavy atom. The zero-order chi connectivity index (χ0) is 21.7. The van der Waals surface area contributed by atoms with Crippen LogP contribution in [0.2, 0.25) is 0 Å². The van der Waals surface area contributed by atoms with E-state index in [9.17, 15) is 19.2 Å². The first-order chi connectivity index (χ1) is 14.4. The van der Waals surface area contributed by atoms with E-state index in [2.05, 4.69) is 21.2 Å². The third-order valence-corrected chi connectivity index (χ3v) is 4.58. The number of carbonyl (C=O) groups is 4. The molecule has 4 amide bonds. The predicted octanol–water partition coefficient (Wildman–Crippen LogP) is 3.06. The van der Waals surface area contributed by atoms with Crippen LogP contribution in [0, 0.1) is 0 Å². The molecule has 9 heteroatoms. The molecule has 30 heavy (non-hydrogen) atoms. The molecule has 1 saturated heterocycles. The van der Waals surface area contributed by atoms with Gasteiger partial charge in [-0.25, -0.2) is 14.5 Å². The van der Waals surface area contributed by atoms with E-state index >= 15 is 0 Å². The number of halogens is 1. The highest BCUT2D eigenvalue weighted by Gasteiger charge is 2.36. The summed E-state index contributed by atoms with van der Waals surface area (Å²) >= 11 is 3.29. The molecule has 0 atom stereocenters. The van der Waals surface area contributed by atoms with E-state index in [1.807, 2.05) is 0 Å². The molecule has 0 saturated carbocycles. The normalized spacial score (nSPS) is 15.2. The highest BCUT2D eigenvalue weighted by Crippen LogP contribution is 2.26. The van der Waals surface area contributed by atoms with Crippen molar-refractivity contribution in [2.45, 2.75) is 6.92 Å². The van der Waals surface area contributed by atoms with Gasteiger partial charge in [0, 0.05) is 10.0 Å². The summed E-state index contributed by atoms with van der Waals surface area (Å²) in [5.41, 5.74) is 0.459. The number of rotatable bonds is 6. The zero-order valence-corrected chi connectivity index (χ0v) is 17.5. The maximum Gasteiger partial charge on any atom is 0.344 e. The molecular weight excluding hydrogens is 456 g/mol. The molecule has 1 aliphatic heterocycles. The van der Waals surface area contributed by atoms with Gasteiger partial charge in [-0.15, -0.1) is 0 Å². The molecule has 0 unspecified atom stereocenters. The fraction of sp³-hybridized carbons (Fsp3) is 0.143. The molecule has 1 fully saturated rings. The summed E-state index contributed by atoms with van der Waals surface area (Å²) in [7, 11) is 0. The molecule has 0 radical (unpaired) electrons. The summed E-state index contributed by atoms with van der Waals surface area (Å²) in [5.74, 6) is -1.85. The highest BCUT2D eigenvalue weighted by molar-refractivity contribution is 9.10. The summed E-state index contributed by atoms with van der Waals surface area (Å²) in [6.45, 7) is 1.59. The smallest absolute Gasteiger partial charge is 0.344 e. The third-order valence-electron chi connectivity index (χ3n) is 4.06. The standard InChI is InChI=1S/C21H17BrN2O6/c1-2-29-18(25)12-30-17-6-4-3-5-13(17)11-16-19(26)23-21(28)24(20(16)27)15-9-7-14(22)8-10-15/h3-11H,2,12H2,1H3,(H,23,26,28)/b16-11+. The first-order valence-electron chi connectivity index (χ1n) is 8.95. The van der Waals surface area contributed by atoms with Gasteiger partial charge in [0.1, 0.15) is 11.3 Å². The number of barbiturate groups is 1. The summed E-state index contributed by atoms with van der Waals surface area (Å²) in [6, 6.07) is 12.2. The topological polar surface area (TPSA) is 102 Å². The second kappa shape index (κ2) is 9.36. The van der Waals surface area contributed by atoms with Crippen molar-refractivity contribution in [2.24, 2.45) is 0 Å². The number of para-hydroxylation sites is 1. The molecule has 2 aromatic carbocycles. The van der Waals surface area contributed by atoms with E-state index in [1.54, 1.807) is 55.5 Å². The Morgan fingerprint density at radius 1 is 1.10 bits per heavy atom. The first kappa shape index (κ1) is 21.3. The van der Waals surface area contributed by atoms with Crippen LogP contribution in [0.15, 0.2) is 58.6 Å². The number of esters is 1. The number of nitrogens with zero attached hydrogens (tertiary/aromatic N) is 1. The Labute approximate surface area is 180 Å². The molecule has 8 nitrogen and oxygen atoms in total. The maximum atomic E-state index is 12.9. The zero-order valence-electron chi connectivity index (χ0n) is 15.9. The SMILES string of the molecule is CCOC(=O)COc1ccccc1/C=C1\C(=O)NC(=O)N(c2ccc(Br)cc2)C1=O. The van der Waals surface area contributed by atoms with E-state index in [-0.39, 0.29) is 24.5 Å². The quantitative estimate of drug-likeness (QED) is 0.393. The number of amides is 4.